The van der Waals surface area contributed by atoms with Crippen LogP contribution in [0, 0.1) is 5.82 Å². The van der Waals surface area contributed by atoms with Gasteiger partial charge in [0.2, 0.25) is 12.7 Å². The summed E-state index contributed by atoms with van der Waals surface area (Å²) in [6, 6.07) is 22.5. The van der Waals surface area contributed by atoms with Crippen molar-refractivity contribution in [2.45, 2.75) is 24.9 Å². The summed E-state index contributed by atoms with van der Waals surface area (Å²) in [5.41, 5.74) is 3.75. The Morgan fingerprint density at radius 1 is 0.895 bits per heavy atom. The van der Waals surface area contributed by atoms with Crippen LogP contribution in [0.4, 0.5) is 10.1 Å². The number of ether oxygens (including phenoxy) is 2. The van der Waals surface area contributed by atoms with Gasteiger partial charge >= 0.3 is 0 Å². The van der Waals surface area contributed by atoms with E-state index in [2.05, 4.69) is 4.57 Å². The third-order valence-corrected chi connectivity index (χ3v) is 7.35. The summed E-state index contributed by atoms with van der Waals surface area (Å²) in [5.74, 6) is 0.365. The minimum atomic E-state index is -0.477. The molecule has 7 rings (SSSR count). The first-order chi connectivity index (χ1) is 18.6. The fourth-order valence-electron chi connectivity index (χ4n) is 5.39. The molecule has 2 amide bonds. The standard InChI is InChI=1S/C30H24FN3O4/c31-21-10-7-19(8-11-21)29-25-6-3-15-32(25)23-4-1-2-5-24(23)34(29)28(35)17-33(22-12-13-22)30(36)20-9-14-26-27(16-20)38-18-37-26/h1-11,14-16,22,29H,12-13,17-18H2. The smallest absolute Gasteiger partial charge is 0.254 e. The van der Waals surface area contributed by atoms with Gasteiger partial charge in [-0.05, 0) is 73.0 Å². The van der Waals surface area contributed by atoms with Crippen molar-refractivity contribution in [2.75, 3.05) is 18.2 Å². The highest BCUT2D eigenvalue weighted by Crippen LogP contribution is 2.43. The van der Waals surface area contributed by atoms with E-state index in [0.29, 0.717) is 17.1 Å². The van der Waals surface area contributed by atoms with Gasteiger partial charge in [0.15, 0.2) is 11.5 Å². The van der Waals surface area contributed by atoms with Crippen molar-refractivity contribution >= 4 is 17.5 Å². The fourth-order valence-corrected chi connectivity index (χ4v) is 5.39. The first kappa shape index (κ1) is 22.6. The van der Waals surface area contributed by atoms with E-state index in [0.717, 1.165) is 35.5 Å². The average molecular weight is 510 g/mol. The van der Waals surface area contributed by atoms with E-state index >= 15 is 0 Å². The molecule has 1 aliphatic carbocycles. The Kier molecular flexibility index (Phi) is 5.21. The van der Waals surface area contributed by atoms with Gasteiger partial charge in [0.05, 0.1) is 17.1 Å². The first-order valence-corrected chi connectivity index (χ1v) is 12.6. The second-order valence-electron chi connectivity index (χ2n) is 9.74. The van der Waals surface area contributed by atoms with Crippen LogP contribution >= 0.6 is 0 Å². The number of carbonyl (C=O) groups is 2. The molecule has 0 bridgehead atoms. The third kappa shape index (κ3) is 3.72. The number of anilines is 1. The monoisotopic (exact) mass is 509 g/mol. The number of nitrogens with zero attached hydrogens (tertiary/aromatic N) is 3. The van der Waals surface area contributed by atoms with Crippen LogP contribution in [0.25, 0.3) is 5.69 Å². The summed E-state index contributed by atoms with van der Waals surface area (Å²) in [7, 11) is 0. The van der Waals surface area contributed by atoms with Crippen LogP contribution in [0.1, 0.15) is 40.5 Å². The number of amides is 2. The SMILES string of the molecule is O=C(c1ccc2c(c1)OCO2)N(CC(=O)N1c2ccccc2-n2cccc2C1c1ccc(F)cc1)C1CC1. The predicted octanol–water partition coefficient (Wildman–Crippen LogP) is 5.09. The van der Waals surface area contributed by atoms with E-state index < -0.39 is 6.04 Å². The molecule has 0 N–H and O–H groups in total. The Labute approximate surface area is 218 Å². The van der Waals surface area contributed by atoms with Crippen molar-refractivity contribution in [1.29, 1.82) is 0 Å². The molecule has 3 aliphatic rings. The molecule has 4 aromatic rings. The lowest BCUT2D eigenvalue weighted by Gasteiger charge is -2.39. The molecule has 1 aromatic heterocycles. The Hall–Kier alpha value is -4.59. The second-order valence-corrected chi connectivity index (χ2v) is 9.74. The van der Waals surface area contributed by atoms with Crippen molar-refractivity contribution in [3.63, 3.8) is 0 Å². The van der Waals surface area contributed by atoms with Crippen molar-refractivity contribution in [1.82, 2.24) is 9.47 Å². The first-order valence-electron chi connectivity index (χ1n) is 12.6. The summed E-state index contributed by atoms with van der Waals surface area (Å²) in [6.07, 6.45) is 3.67. The van der Waals surface area contributed by atoms with E-state index in [9.17, 15) is 14.0 Å². The molecular weight excluding hydrogens is 485 g/mol. The molecule has 8 heteroatoms. The molecule has 0 spiro atoms. The van der Waals surface area contributed by atoms with Crippen LogP contribution in [0.5, 0.6) is 11.5 Å². The van der Waals surface area contributed by atoms with Crippen LogP contribution in [0.2, 0.25) is 0 Å². The van der Waals surface area contributed by atoms with Crippen LogP contribution in [0.15, 0.2) is 85.1 Å². The molecule has 1 unspecified atom stereocenters. The van der Waals surface area contributed by atoms with Gasteiger partial charge in [-0.15, -0.1) is 0 Å². The van der Waals surface area contributed by atoms with Gasteiger partial charge in [-0.2, -0.15) is 0 Å². The Morgan fingerprint density at radius 3 is 2.45 bits per heavy atom. The quantitative estimate of drug-likeness (QED) is 0.376. The number of fused-ring (bicyclic) bond motifs is 4. The molecule has 38 heavy (non-hydrogen) atoms. The Morgan fingerprint density at radius 2 is 1.66 bits per heavy atom. The number of carbonyl (C=O) groups excluding carboxylic acids is 2. The number of benzene rings is 3. The second kappa shape index (κ2) is 8.76. The summed E-state index contributed by atoms with van der Waals surface area (Å²) in [6.45, 7) is 0.0450. The van der Waals surface area contributed by atoms with E-state index in [1.54, 1.807) is 40.1 Å². The summed E-state index contributed by atoms with van der Waals surface area (Å²) in [5, 5.41) is 0. The molecule has 7 nitrogen and oxygen atoms in total. The Balaban J connectivity index is 1.27. The van der Waals surface area contributed by atoms with E-state index in [1.165, 1.54) is 12.1 Å². The maximum atomic E-state index is 14.2. The number of rotatable bonds is 5. The van der Waals surface area contributed by atoms with Gasteiger partial charge in [0.25, 0.3) is 5.91 Å². The molecule has 190 valence electrons. The summed E-state index contributed by atoms with van der Waals surface area (Å²) >= 11 is 0. The van der Waals surface area contributed by atoms with Gasteiger partial charge < -0.3 is 18.9 Å². The molecule has 1 fully saturated rings. The van der Waals surface area contributed by atoms with Crippen molar-refractivity contribution < 1.29 is 23.5 Å². The molecule has 1 saturated carbocycles. The lowest BCUT2D eigenvalue weighted by Crippen LogP contribution is -2.47. The Bertz CT molecular complexity index is 1560. The molecule has 0 saturated heterocycles. The molecule has 1 atom stereocenters. The highest BCUT2D eigenvalue weighted by molar-refractivity contribution is 6.03. The summed E-state index contributed by atoms with van der Waals surface area (Å²) in [4.78, 5) is 31.3. The lowest BCUT2D eigenvalue weighted by atomic mass is 9.97. The third-order valence-electron chi connectivity index (χ3n) is 7.35. The van der Waals surface area contributed by atoms with Crippen LogP contribution in [-0.2, 0) is 4.79 Å². The highest BCUT2D eigenvalue weighted by atomic mass is 19.1. The highest BCUT2D eigenvalue weighted by Gasteiger charge is 2.40. The van der Waals surface area contributed by atoms with E-state index in [1.807, 2.05) is 42.6 Å². The molecule has 2 aliphatic heterocycles. The molecule has 3 heterocycles. The molecule has 0 radical (unpaired) electrons. The number of aromatic nitrogens is 1. The van der Waals surface area contributed by atoms with E-state index in [4.69, 9.17) is 9.47 Å². The number of para-hydroxylation sites is 2. The van der Waals surface area contributed by atoms with Crippen LogP contribution in [-0.4, -0.2) is 40.7 Å². The van der Waals surface area contributed by atoms with Crippen molar-refractivity contribution in [3.8, 4) is 17.2 Å². The maximum Gasteiger partial charge on any atom is 0.254 e. The number of hydrogen-bond donors (Lipinski definition) is 0. The topological polar surface area (TPSA) is 64.0 Å². The predicted molar refractivity (Wildman–Crippen MR) is 138 cm³/mol. The van der Waals surface area contributed by atoms with E-state index in [-0.39, 0.29) is 37.0 Å². The molecular formula is C30H24FN3O4. The fraction of sp³-hybridized carbons (Fsp3) is 0.200. The van der Waals surface area contributed by atoms with Crippen LogP contribution < -0.4 is 14.4 Å². The minimum Gasteiger partial charge on any atom is -0.454 e. The number of hydrogen-bond acceptors (Lipinski definition) is 4. The zero-order chi connectivity index (χ0) is 25.8. The van der Waals surface area contributed by atoms with Crippen molar-refractivity contribution in [3.05, 3.63) is 108 Å². The van der Waals surface area contributed by atoms with Crippen molar-refractivity contribution in [2.24, 2.45) is 0 Å². The van der Waals surface area contributed by atoms with Gasteiger partial charge in [-0.25, -0.2) is 4.39 Å². The van der Waals surface area contributed by atoms with Crippen LogP contribution in [0.3, 0.4) is 0 Å². The van der Waals surface area contributed by atoms with Gasteiger partial charge in [0, 0.05) is 17.8 Å². The largest absolute Gasteiger partial charge is 0.454 e. The van der Waals surface area contributed by atoms with Gasteiger partial charge in [-0.3, -0.25) is 14.5 Å². The zero-order valence-electron chi connectivity index (χ0n) is 20.4. The lowest BCUT2D eigenvalue weighted by molar-refractivity contribution is -0.119. The minimum absolute atomic E-state index is 0.00467. The summed E-state index contributed by atoms with van der Waals surface area (Å²) < 4.78 is 26.7. The average Bonchev–Trinajstić information content (AvgIpc) is 3.46. The number of halogens is 1. The normalized spacial score (nSPS) is 17.1. The maximum absolute atomic E-state index is 14.2. The van der Waals surface area contributed by atoms with Gasteiger partial charge in [0.1, 0.15) is 18.4 Å². The zero-order valence-corrected chi connectivity index (χ0v) is 20.4. The van der Waals surface area contributed by atoms with Gasteiger partial charge in [-0.1, -0.05) is 24.3 Å². The molecule has 3 aromatic carbocycles.